The molecule has 1 heterocycles. The first-order valence-electron chi connectivity index (χ1n) is 11.3. The summed E-state index contributed by atoms with van der Waals surface area (Å²) in [4.78, 5) is 13.8. The van der Waals surface area contributed by atoms with Crippen LogP contribution in [0, 0.1) is 0 Å². The number of rotatable bonds is 12. The van der Waals surface area contributed by atoms with Crippen molar-refractivity contribution in [3.63, 3.8) is 0 Å². The molecule has 2 aromatic carbocycles. The molecule has 180 valence electrons. The standard InChI is InChI=1S/C25H33NO6S/c1-3-13-31-23-10-8-20(9-11-23)15-26(21-12-14-33(29,30)18-21)16-22(28)17-32-25-7-5-4-6-24(25)19(2)27/h4-11,21-22,28H,3,12-18H2,1-2H3. The Hall–Kier alpha value is -2.42. The number of aliphatic hydroxyl groups is 1. The molecule has 2 atom stereocenters. The molecule has 0 bridgehead atoms. The van der Waals surface area contributed by atoms with Crippen LogP contribution in [0.4, 0.5) is 0 Å². The number of carbonyl (C=O) groups is 1. The number of ketones is 1. The predicted octanol–water partition coefficient (Wildman–Crippen LogP) is 3.11. The molecule has 0 saturated carbocycles. The SMILES string of the molecule is CCCOc1ccc(CN(CC(O)COc2ccccc2C(C)=O)C2CCS(=O)(=O)C2)cc1. The van der Waals surface area contributed by atoms with E-state index >= 15 is 0 Å². The van der Waals surface area contributed by atoms with Gasteiger partial charge in [0.25, 0.3) is 0 Å². The van der Waals surface area contributed by atoms with E-state index in [0.29, 0.717) is 30.9 Å². The zero-order valence-electron chi connectivity index (χ0n) is 19.3. The molecule has 33 heavy (non-hydrogen) atoms. The van der Waals surface area contributed by atoms with Gasteiger partial charge in [-0.25, -0.2) is 8.42 Å². The fourth-order valence-electron chi connectivity index (χ4n) is 3.94. The minimum atomic E-state index is -3.07. The summed E-state index contributed by atoms with van der Waals surface area (Å²) in [7, 11) is -3.07. The molecule has 8 heteroatoms. The molecule has 1 fully saturated rings. The number of aliphatic hydroxyl groups excluding tert-OH is 1. The quantitative estimate of drug-likeness (QED) is 0.472. The Morgan fingerprint density at radius 2 is 1.88 bits per heavy atom. The molecule has 2 unspecified atom stereocenters. The van der Waals surface area contributed by atoms with Crippen molar-refractivity contribution in [2.45, 2.75) is 45.4 Å². The third-order valence-electron chi connectivity index (χ3n) is 5.65. The zero-order chi connectivity index (χ0) is 23.8. The molecule has 0 aliphatic carbocycles. The van der Waals surface area contributed by atoms with Gasteiger partial charge in [-0.15, -0.1) is 0 Å². The highest BCUT2D eigenvalue weighted by atomic mass is 32.2. The molecule has 0 aromatic heterocycles. The Morgan fingerprint density at radius 3 is 2.52 bits per heavy atom. The largest absolute Gasteiger partial charge is 0.494 e. The molecule has 2 aromatic rings. The van der Waals surface area contributed by atoms with Crippen molar-refractivity contribution in [3.05, 3.63) is 59.7 Å². The number of hydrogen-bond acceptors (Lipinski definition) is 7. The van der Waals surface area contributed by atoms with Crippen molar-refractivity contribution < 1.29 is 27.8 Å². The van der Waals surface area contributed by atoms with E-state index in [1.807, 2.05) is 29.2 Å². The Morgan fingerprint density at radius 1 is 1.15 bits per heavy atom. The Balaban J connectivity index is 1.66. The molecule has 1 aliphatic rings. The fraction of sp³-hybridized carbons (Fsp3) is 0.480. The van der Waals surface area contributed by atoms with Gasteiger partial charge in [0.05, 0.1) is 23.7 Å². The molecule has 1 aliphatic heterocycles. The van der Waals surface area contributed by atoms with E-state index in [9.17, 15) is 18.3 Å². The number of Topliss-reactive ketones (excluding diaryl/α,β-unsaturated/α-hetero) is 1. The highest BCUT2D eigenvalue weighted by molar-refractivity contribution is 7.91. The number of nitrogens with zero attached hydrogens (tertiary/aromatic N) is 1. The fourth-order valence-corrected chi connectivity index (χ4v) is 5.71. The third-order valence-corrected chi connectivity index (χ3v) is 7.40. The van der Waals surface area contributed by atoms with Crippen LogP contribution in [-0.2, 0) is 16.4 Å². The first-order chi connectivity index (χ1) is 15.8. The molecular formula is C25H33NO6S. The Kier molecular flexibility index (Phi) is 8.88. The van der Waals surface area contributed by atoms with E-state index < -0.39 is 15.9 Å². The lowest BCUT2D eigenvalue weighted by Gasteiger charge is -2.30. The summed E-state index contributed by atoms with van der Waals surface area (Å²) in [6.45, 7) is 4.95. The highest BCUT2D eigenvalue weighted by Crippen LogP contribution is 2.23. The summed E-state index contributed by atoms with van der Waals surface area (Å²) in [6.07, 6.45) is 0.629. The topological polar surface area (TPSA) is 93.1 Å². The van der Waals surface area contributed by atoms with Crippen LogP contribution in [0.3, 0.4) is 0 Å². The van der Waals surface area contributed by atoms with E-state index in [2.05, 4.69) is 6.92 Å². The van der Waals surface area contributed by atoms with E-state index in [1.165, 1.54) is 6.92 Å². The number of carbonyl (C=O) groups excluding carboxylic acids is 1. The number of benzene rings is 2. The summed E-state index contributed by atoms with van der Waals surface area (Å²) in [5, 5.41) is 10.7. The molecule has 1 saturated heterocycles. The highest BCUT2D eigenvalue weighted by Gasteiger charge is 2.33. The molecular weight excluding hydrogens is 442 g/mol. The smallest absolute Gasteiger partial charge is 0.163 e. The van der Waals surface area contributed by atoms with Gasteiger partial charge < -0.3 is 14.6 Å². The summed E-state index contributed by atoms with van der Waals surface area (Å²) < 4.78 is 35.5. The number of para-hydroxylation sites is 1. The van der Waals surface area contributed by atoms with Gasteiger partial charge in [0.1, 0.15) is 24.2 Å². The van der Waals surface area contributed by atoms with Crippen LogP contribution in [0.15, 0.2) is 48.5 Å². The van der Waals surface area contributed by atoms with Crippen molar-refractivity contribution in [2.24, 2.45) is 0 Å². The summed E-state index contributed by atoms with van der Waals surface area (Å²) in [5.41, 5.74) is 1.48. The van der Waals surface area contributed by atoms with Crippen LogP contribution in [0.5, 0.6) is 11.5 Å². The van der Waals surface area contributed by atoms with Crippen molar-refractivity contribution in [2.75, 3.05) is 31.3 Å². The minimum absolute atomic E-state index is 0.00403. The minimum Gasteiger partial charge on any atom is -0.494 e. The third kappa shape index (κ3) is 7.55. The molecule has 0 amide bonds. The normalized spacial score (nSPS) is 18.2. The first-order valence-corrected chi connectivity index (χ1v) is 13.2. The monoisotopic (exact) mass is 475 g/mol. The van der Waals surface area contributed by atoms with Crippen LogP contribution in [0.1, 0.15) is 42.6 Å². The number of sulfone groups is 1. The van der Waals surface area contributed by atoms with Gasteiger partial charge in [-0.3, -0.25) is 9.69 Å². The van der Waals surface area contributed by atoms with Gasteiger partial charge >= 0.3 is 0 Å². The summed E-state index contributed by atoms with van der Waals surface area (Å²) >= 11 is 0. The van der Waals surface area contributed by atoms with Crippen LogP contribution in [0.2, 0.25) is 0 Å². The van der Waals surface area contributed by atoms with E-state index in [1.54, 1.807) is 24.3 Å². The van der Waals surface area contributed by atoms with E-state index in [4.69, 9.17) is 9.47 Å². The zero-order valence-corrected chi connectivity index (χ0v) is 20.1. The van der Waals surface area contributed by atoms with Crippen molar-refractivity contribution in [1.29, 1.82) is 0 Å². The van der Waals surface area contributed by atoms with E-state index in [-0.39, 0.29) is 36.5 Å². The number of ether oxygens (including phenoxy) is 2. The molecule has 0 spiro atoms. The average Bonchev–Trinajstić information content (AvgIpc) is 3.16. The lowest BCUT2D eigenvalue weighted by atomic mass is 10.1. The maximum absolute atomic E-state index is 12.1. The van der Waals surface area contributed by atoms with E-state index in [0.717, 1.165) is 17.7 Å². The van der Waals surface area contributed by atoms with Crippen LogP contribution in [0.25, 0.3) is 0 Å². The van der Waals surface area contributed by atoms with Crippen molar-refractivity contribution in [3.8, 4) is 11.5 Å². The molecule has 1 N–H and O–H groups in total. The first kappa shape index (κ1) is 25.2. The van der Waals surface area contributed by atoms with Gasteiger partial charge in [0, 0.05) is 19.1 Å². The Labute approximate surface area is 196 Å². The van der Waals surface area contributed by atoms with Gasteiger partial charge in [0.2, 0.25) is 0 Å². The second-order valence-electron chi connectivity index (χ2n) is 8.50. The molecule has 0 radical (unpaired) electrons. The lowest BCUT2D eigenvalue weighted by molar-refractivity contribution is 0.0520. The van der Waals surface area contributed by atoms with Gasteiger partial charge in [0.15, 0.2) is 15.6 Å². The van der Waals surface area contributed by atoms with Crippen LogP contribution < -0.4 is 9.47 Å². The predicted molar refractivity (Wildman–Crippen MR) is 128 cm³/mol. The van der Waals surface area contributed by atoms with Crippen LogP contribution >= 0.6 is 0 Å². The molecule has 3 rings (SSSR count). The van der Waals surface area contributed by atoms with Gasteiger partial charge in [-0.1, -0.05) is 31.2 Å². The average molecular weight is 476 g/mol. The second kappa shape index (κ2) is 11.6. The van der Waals surface area contributed by atoms with Crippen molar-refractivity contribution in [1.82, 2.24) is 4.90 Å². The maximum Gasteiger partial charge on any atom is 0.163 e. The Bertz CT molecular complexity index is 1020. The summed E-state index contributed by atoms with van der Waals surface area (Å²) in [5.74, 6) is 1.38. The van der Waals surface area contributed by atoms with Crippen LogP contribution in [-0.4, -0.2) is 67.6 Å². The maximum atomic E-state index is 12.1. The second-order valence-corrected chi connectivity index (χ2v) is 10.7. The van der Waals surface area contributed by atoms with Crippen molar-refractivity contribution >= 4 is 15.6 Å². The molecule has 7 nitrogen and oxygen atoms in total. The van der Waals surface area contributed by atoms with Gasteiger partial charge in [-0.05, 0) is 49.6 Å². The number of hydrogen-bond donors (Lipinski definition) is 1. The van der Waals surface area contributed by atoms with Gasteiger partial charge in [-0.2, -0.15) is 0 Å². The summed E-state index contributed by atoms with van der Waals surface area (Å²) in [6, 6.07) is 14.5. The lowest BCUT2D eigenvalue weighted by Crippen LogP contribution is -2.42.